The summed E-state index contributed by atoms with van der Waals surface area (Å²) in [6.07, 6.45) is 9.17. The number of nitrogens with one attached hydrogen (secondary N) is 2. The Bertz CT molecular complexity index is 1030. The van der Waals surface area contributed by atoms with Gasteiger partial charge in [0.15, 0.2) is 0 Å². The number of ether oxygens (including phenoxy) is 2. The molecule has 3 aliphatic rings. The van der Waals surface area contributed by atoms with Gasteiger partial charge in [0, 0.05) is 70.4 Å². The number of aromatic nitrogens is 4. The van der Waals surface area contributed by atoms with Gasteiger partial charge in [-0.1, -0.05) is 0 Å². The van der Waals surface area contributed by atoms with Crippen LogP contribution < -0.4 is 10.6 Å². The van der Waals surface area contributed by atoms with Gasteiger partial charge >= 0.3 is 0 Å². The van der Waals surface area contributed by atoms with Gasteiger partial charge in [0.25, 0.3) is 0 Å². The third kappa shape index (κ3) is 7.39. The molecule has 1 aliphatic carbocycles. The number of morpholine rings is 1. The van der Waals surface area contributed by atoms with Crippen molar-refractivity contribution in [1.82, 2.24) is 29.5 Å². The minimum Gasteiger partial charge on any atom is -0.379 e. The number of anilines is 3. The van der Waals surface area contributed by atoms with Crippen LogP contribution in [0.2, 0.25) is 0 Å². The van der Waals surface area contributed by atoms with E-state index in [0.29, 0.717) is 18.5 Å². The topological polar surface area (TPSA) is 110 Å². The third-order valence-electron chi connectivity index (χ3n) is 7.18. The standard InChI is InChI=1S/C26H40N8O3/c1-20-23(18-34(31-20)11-3-8-32-12-15-36-16-13-32)29-26-28-17-22(21-5-6-21)25(30-26)27-7-2-9-33-10-4-14-37-19-24(33)35/h17-18,21H,2-16,19H2,1H3,(H2,27,28,29,30). The number of amides is 1. The fourth-order valence-electron chi connectivity index (χ4n) is 4.89. The molecule has 3 fully saturated rings. The lowest BCUT2D eigenvalue weighted by Gasteiger charge is -2.26. The highest BCUT2D eigenvalue weighted by molar-refractivity contribution is 5.77. The van der Waals surface area contributed by atoms with Crippen LogP contribution in [0.4, 0.5) is 17.5 Å². The van der Waals surface area contributed by atoms with E-state index in [9.17, 15) is 4.79 Å². The number of carbonyl (C=O) groups is 1. The predicted molar refractivity (Wildman–Crippen MR) is 141 cm³/mol. The average molecular weight is 513 g/mol. The molecule has 1 amide bonds. The van der Waals surface area contributed by atoms with E-state index in [1.54, 1.807) is 0 Å². The molecule has 2 aromatic heterocycles. The Morgan fingerprint density at radius 3 is 2.76 bits per heavy atom. The van der Waals surface area contributed by atoms with Crippen molar-refractivity contribution in [1.29, 1.82) is 0 Å². The van der Waals surface area contributed by atoms with Crippen LogP contribution in [-0.2, 0) is 20.8 Å². The molecule has 2 aromatic rings. The monoisotopic (exact) mass is 512 g/mol. The molecule has 202 valence electrons. The molecule has 2 aliphatic heterocycles. The molecule has 0 spiro atoms. The van der Waals surface area contributed by atoms with Gasteiger partial charge in [0.2, 0.25) is 11.9 Å². The summed E-state index contributed by atoms with van der Waals surface area (Å²) in [7, 11) is 0. The van der Waals surface area contributed by atoms with E-state index in [0.717, 1.165) is 95.5 Å². The Morgan fingerprint density at radius 2 is 1.92 bits per heavy atom. The molecule has 2 N–H and O–H groups in total. The summed E-state index contributed by atoms with van der Waals surface area (Å²) in [5.74, 6) is 2.09. The van der Waals surface area contributed by atoms with Crippen LogP contribution in [0, 0.1) is 6.92 Å². The zero-order valence-corrected chi connectivity index (χ0v) is 22.0. The second-order valence-electron chi connectivity index (χ2n) is 10.2. The van der Waals surface area contributed by atoms with E-state index in [4.69, 9.17) is 14.5 Å². The minimum absolute atomic E-state index is 0.0849. The third-order valence-corrected chi connectivity index (χ3v) is 7.18. The van der Waals surface area contributed by atoms with E-state index in [1.807, 2.05) is 28.9 Å². The van der Waals surface area contributed by atoms with Crippen LogP contribution in [0.1, 0.15) is 49.3 Å². The van der Waals surface area contributed by atoms with Crippen molar-refractivity contribution in [2.24, 2.45) is 0 Å². The van der Waals surface area contributed by atoms with Gasteiger partial charge < -0.3 is 25.0 Å². The second-order valence-corrected chi connectivity index (χ2v) is 10.2. The molecule has 0 unspecified atom stereocenters. The molecule has 0 bridgehead atoms. The first-order valence-electron chi connectivity index (χ1n) is 13.7. The van der Waals surface area contributed by atoms with Crippen LogP contribution in [0.15, 0.2) is 12.4 Å². The first-order valence-corrected chi connectivity index (χ1v) is 13.7. The van der Waals surface area contributed by atoms with Crippen molar-refractivity contribution in [3.8, 4) is 0 Å². The largest absolute Gasteiger partial charge is 0.379 e. The molecule has 4 heterocycles. The van der Waals surface area contributed by atoms with Crippen LogP contribution in [0.3, 0.4) is 0 Å². The fraction of sp³-hybridized carbons (Fsp3) is 0.692. The molecule has 0 atom stereocenters. The van der Waals surface area contributed by atoms with Gasteiger partial charge in [-0.2, -0.15) is 10.1 Å². The van der Waals surface area contributed by atoms with Crippen molar-refractivity contribution in [3.63, 3.8) is 0 Å². The molecule has 11 nitrogen and oxygen atoms in total. The molecule has 1 saturated carbocycles. The summed E-state index contributed by atoms with van der Waals surface area (Å²) in [4.78, 5) is 25.9. The first kappa shape index (κ1) is 25.9. The number of hydrogen-bond donors (Lipinski definition) is 2. The van der Waals surface area contributed by atoms with Crippen LogP contribution in [0.5, 0.6) is 0 Å². The van der Waals surface area contributed by atoms with Crippen molar-refractivity contribution < 1.29 is 14.3 Å². The van der Waals surface area contributed by atoms with Crippen molar-refractivity contribution in [2.75, 3.05) is 76.3 Å². The number of hydrogen-bond acceptors (Lipinski definition) is 9. The number of aryl methyl sites for hydroxylation is 2. The fourth-order valence-corrected chi connectivity index (χ4v) is 4.89. The van der Waals surface area contributed by atoms with Crippen molar-refractivity contribution >= 4 is 23.4 Å². The van der Waals surface area contributed by atoms with Crippen molar-refractivity contribution in [3.05, 3.63) is 23.7 Å². The normalized spacial score (nSPS) is 19.2. The Hall–Kier alpha value is -2.76. The molecule has 2 saturated heterocycles. The SMILES string of the molecule is Cc1nn(CCCN2CCOCC2)cc1Nc1ncc(C2CC2)c(NCCCN2CCCOCC2=O)n1. The number of carbonyl (C=O) groups excluding carboxylic acids is 1. The maximum absolute atomic E-state index is 12.1. The van der Waals surface area contributed by atoms with E-state index in [2.05, 4.69) is 25.6 Å². The number of rotatable bonds is 12. The molecular weight excluding hydrogens is 472 g/mol. The van der Waals surface area contributed by atoms with E-state index in [1.165, 1.54) is 18.4 Å². The molecule has 5 rings (SSSR count). The van der Waals surface area contributed by atoms with Gasteiger partial charge in [-0.25, -0.2) is 4.98 Å². The van der Waals surface area contributed by atoms with Crippen LogP contribution >= 0.6 is 0 Å². The zero-order valence-electron chi connectivity index (χ0n) is 22.0. The molecule has 11 heteroatoms. The maximum Gasteiger partial charge on any atom is 0.248 e. The molecule has 0 radical (unpaired) electrons. The smallest absolute Gasteiger partial charge is 0.248 e. The second kappa shape index (κ2) is 12.7. The molecule has 37 heavy (non-hydrogen) atoms. The Balaban J connectivity index is 1.14. The number of nitrogens with zero attached hydrogens (tertiary/aromatic N) is 6. The molecule has 0 aromatic carbocycles. The van der Waals surface area contributed by atoms with E-state index in [-0.39, 0.29) is 12.5 Å². The van der Waals surface area contributed by atoms with Crippen molar-refractivity contribution in [2.45, 2.75) is 51.5 Å². The lowest BCUT2D eigenvalue weighted by atomic mass is 10.2. The Kier molecular flexibility index (Phi) is 8.85. The lowest BCUT2D eigenvalue weighted by Crippen LogP contribution is -2.37. The average Bonchev–Trinajstić information content (AvgIpc) is 3.71. The lowest BCUT2D eigenvalue weighted by molar-refractivity contribution is -0.133. The Labute approximate surface area is 218 Å². The van der Waals surface area contributed by atoms with E-state index >= 15 is 0 Å². The van der Waals surface area contributed by atoms with Crippen LogP contribution in [0.25, 0.3) is 0 Å². The van der Waals surface area contributed by atoms with Gasteiger partial charge in [-0.05, 0) is 44.9 Å². The van der Waals surface area contributed by atoms with Crippen LogP contribution in [-0.4, -0.2) is 101 Å². The highest BCUT2D eigenvalue weighted by Crippen LogP contribution is 2.42. The predicted octanol–water partition coefficient (Wildman–Crippen LogP) is 2.38. The summed E-state index contributed by atoms with van der Waals surface area (Å²) in [6.45, 7) is 10.8. The summed E-state index contributed by atoms with van der Waals surface area (Å²) < 4.78 is 12.8. The Morgan fingerprint density at radius 1 is 1.05 bits per heavy atom. The van der Waals surface area contributed by atoms with Gasteiger partial charge in [-0.3, -0.25) is 14.4 Å². The van der Waals surface area contributed by atoms with Gasteiger partial charge in [0.05, 0.1) is 24.6 Å². The van der Waals surface area contributed by atoms with E-state index < -0.39 is 0 Å². The highest BCUT2D eigenvalue weighted by Gasteiger charge is 2.28. The summed E-state index contributed by atoms with van der Waals surface area (Å²) >= 11 is 0. The first-order chi connectivity index (χ1) is 18.2. The summed E-state index contributed by atoms with van der Waals surface area (Å²) in [5.41, 5.74) is 3.04. The molecular formula is C26H40N8O3. The highest BCUT2D eigenvalue weighted by atomic mass is 16.5. The minimum atomic E-state index is 0.0849. The zero-order chi connectivity index (χ0) is 25.5. The van der Waals surface area contributed by atoms with Gasteiger partial charge in [-0.15, -0.1) is 0 Å². The maximum atomic E-state index is 12.1. The summed E-state index contributed by atoms with van der Waals surface area (Å²) in [6, 6.07) is 0. The van der Waals surface area contributed by atoms with Gasteiger partial charge in [0.1, 0.15) is 12.4 Å². The quantitative estimate of drug-likeness (QED) is 0.414. The summed E-state index contributed by atoms with van der Waals surface area (Å²) in [5, 5.41) is 11.6.